The molecule has 2 heterocycles. The van der Waals surface area contributed by atoms with Gasteiger partial charge in [-0.15, -0.1) is 0 Å². The summed E-state index contributed by atoms with van der Waals surface area (Å²) in [6.45, 7) is 1.21. The van der Waals surface area contributed by atoms with Gasteiger partial charge in [-0.1, -0.05) is 0 Å². The molecule has 1 aromatic heterocycles. The van der Waals surface area contributed by atoms with Gasteiger partial charge in [0.1, 0.15) is 6.07 Å². The van der Waals surface area contributed by atoms with E-state index in [2.05, 4.69) is 11.1 Å². The van der Waals surface area contributed by atoms with Crippen LogP contribution < -0.4 is 4.90 Å². The van der Waals surface area contributed by atoms with E-state index in [1.54, 1.807) is 18.2 Å². The summed E-state index contributed by atoms with van der Waals surface area (Å²) in [6.07, 6.45) is 0.736. The van der Waals surface area contributed by atoms with Gasteiger partial charge in [0.15, 0.2) is 0 Å². The Labute approximate surface area is 160 Å². The predicted molar refractivity (Wildman–Crippen MR) is 102 cm³/mol. The van der Waals surface area contributed by atoms with Crippen LogP contribution in [0.2, 0.25) is 0 Å². The van der Waals surface area contributed by atoms with E-state index in [1.165, 1.54) is 19.2 Å². The Balaban J connectivity index is 1.74. The Morgan fingerprint density at radius 3 is 2.86 bits per heavy atom. The number of rotatable bonds is 3. The van der Waals surface area contributed by atoms with E-state index in [9.17, 15) is 20.2 Å². The van der Waals surface area contributed by atoms with Crippen molar-refractivity contribution < 1.29 is 14.5 Å². The van der Waals surface area contributed by atoms with Crippen LogP contribution in [0.1, 0.15) is 27.2 Å². The number of aromatic amines is 1. The first-order valence-electron chi connectivity index (χ1n) is 8.67. The molecular weight excluding hydrogens is 360 g/mol. The molecule has 1 aliphatic rings. The number of anilines is 1. The van der Waals surface area contributed by atoms with Crippen molar-refractivity contribution in [3.05, 3.63) is 68.9 Å². The summed E-state index contributed by atoms with van der Waals surface area (Å²) in [5, 5.41) is 21.4. The number of nitriles is 1. The van der Waals surface area contributed by atoms with Crippen molar-refractivity contribution in [1.82, 2.24) is 4.98 Å². The number of non-ortho nitro benzene ring substituents is 1. The summed E-state index contributed by atoms with van der Waals surface area (Å²) in [7, 11) is 1.35. The van der Waals surface area contributed by atoms with Gasteiger partial charge >= 0.3 is 5.97 Å². The number of nitrogens with one attached hydrogen (secondary N) is 1. The van der Waals surface area contributed by atoms with E-state index in [4.69, 9.17) is 4.74 Å². The van der Waals surface area contributed by atoms with Gasteiger partial charge in [0, 0.05) is 53.8 Å². The number of nitro benzene ring substituents is 1. The molecule has 8 heteroatoms. The van der Waals surface area contributed by atoms with Crippen LogP contribution in [-0.4, -0.2) is 29.5 Å². The average molecular weight is 376 g/mol. The second-order valence-electron chi connectivity index (χ2n) is 6.58. The molecule has 0 amide bonds. The molecule has 0 bridgehead atoms. The Bertz CT molecular complexity index is 1160. The summed E-state index contributed by atoms with van der Waals surface area (Å²) in [5.74, 6) is -0.397. The highest BCUT2D eigenvalue weighted by atomic mass is 16.6. The van der Waals surface area contributed by atoms with E-state index in [1.807, 2.05) is 11.0 Å². The van der Waals surface area contributed by atoms with Crippen molar-refractivity contribution in [1.29, 1.82) is 5.26 Å². The first-order valence-corrected chi connectivity index (χ1v) is 8.67. The summed E-state index contributed by atoms with van der Waals surface area (Å²) < 4.78 is 4.81. The van der Waals surface area contributed by atoms with Gasteiger partial charge in [-0.25, -0.2) is 4.79 Å². The number of carbonyl (C=O) groups excluding carboxylic acids is 1. The van der Waals surface area contributed by atoms with Crippen molar-refractivity contribution in [3.8, 4) is 6.07 Å². The van der Waals surface area contributed by atoms with Crippen LogP contribution in [-0.2, 0) is 17.7 Å². The Morgan fingerprint density at radius 2 is 2.14 bits per heavy atom. The van der Waals surface area contributed by atoms with Crippen LogP contribution in [0.4, 0.5) is 11.4 Å². The van der Waals surface area contributed by atoms with Gasteiger partial charge in [0.05, 0.1) is 28.8 Å². The Kier molecular flexibility index (Phi) is 4.20. The van der Waals surface area contributed by atoms with Crippen LogP contribution >= 0.6 is 0 Å². The number of H-pyrrole nitrogens is 1. The lowest BCUT2D eigenvalue weighted by Crippen LogP contribution is -2.30. The summed E-state index contributed by atoms with van der Waals surface area (Å²) >= 11 is 0. The topological polar surface area (TPSA) is 112 Å². The summed E-state index contributed by atoms with van der Waals surface area (Å²) in [6, 6.07) is 11.8. The molecule has 0 atom stereocenters. The highest BCUT2D eigenvalue weighted by molar-refractivity contribution is 5.96. The van der Waals surface area contributed by atoms with Crippen molar-refractivity contribution in [2.24, 2.45) is 0 Å². The van der Waals surface area contributed by atoms with E-state index >= 15 is 0 Å². The van der Waals surface area contributed by atoms with E-state index in [0.29, 0.717) is 24.3 Å². The molecule has 0 aliphatic carbocycles. The summed E-state index contributed by atoms with van der Waals surface area (Å²) in [5.41, 5.74) is 4.38. The molecule has 1 N–H and O–H groups in total. The summed E-state index contributed by atoms with van der Waals surface area (Å²) in [4.78, 5) is 27.8. The lowest BCUT2D eigenvalue weighted by Gasteiger charge is -2.29. The zero-order valence-corrected chi connectivity index (χ0v) is 15.1. The third-order valence-electron chi connectivity index (χ3n) is 5.05. The number of ether oxygens (including phenoxy) is 1. The predicted octanol–water partition coefficient (Wildman–Crippen LogP) is 3.30. The molecule has 0 spiro atoms. The van der Waals surface area contributed by atoms with Crippen molar-refractivity contribution >= 4 is 28.2 Å². The number of methoxy groups -OCH3 is 1. The normalized spacial score (nSPS) is 13.1. The first-order chi connectivity index (χ1) is 13.5. The SMILES string of the molecule is COC(=O)c1ccc2[nH]c3c(c2c1)CN(c1ccc([N+](=O)[O-])cc1C#N)CC3. The number of nitrogens with zero attached hydrogens (tertiary/aromatic N) is 3. The fourth-order valence-corrected chi connectivity index (χ4v) is 3.67. The highest BCUT2D eigenvalue weighted by Crippen LogP contribution is 2.33. The monoisotopic (exact) mass is 376 g/mol. The third kappa shape index (κ3) is 2.83. The van der Waals surface area contributed by atoms with Gasteiger partial charge in [0.2, 0.25) is 0 Å². The molecular formula is C20H16N4O4. The molecule has 28 heavy (non-hydrogen) atoms. The molecule has 3 aromatic rings. The van der Waals surface area contributed by atoms with Crippen molar-refractivity contribution in [2.75, 3.05) is 18.6 Å². The molecule has 0 unspecified atom stereocenters. The van der Waals surface area contributed by atoms with Crippen LogP contribution in [0.3, 0.4) is 0 Å². The molecule has 0 saturated heterocycles. The largest absolute Gasteiger partial charge is 0.465 e. The van der Waals surface area contributed by atoms with E-state index < -0.39 is 10.9 Å². The number of carbonyl (C=O) groups is 1. The minimum atomic E-state index is -0.507. The Hall–Kier alpha value is -3.86. The number of fused-ring (bicyclic) bond motifs is 3. The van der Waals surface area contributed by atoms with Crippen molar-refractivity contribution in [2.45, 2.75) is 13.0 Å². The van der Waals surface area contributed by atoms with Crippen LogP contribution in [0.5, 0.6) is 0 Å². The number of aromatic nitrogens is 1. The molecule has 140 valence electrons. The lowest BCUT2D eigenvalue weighted by atomic mass is 10.0. The minimum absolute atomic E-state index is 0.104. The van der Waals surface area contributed by atoms with Gasteiger partial charge in [-0.05, 0) is 24.3 Å². The molecule has 1 aliphatic heterocycles. The van der Waals surface area contributed by atoms with Gasteiger partial charge in [-0.3, -0.25) is 10.1 Å². The minimum Gasteiger partial charge on any atom is -0.465 e. The van der Waals surface area contributed by atoms with Gasteiger partial charge in [0.25, 0.3) is 5.69 Å². The molecule has 2 aromatic carbocycles. The number of nitro groups is 1. The average Bonchev–Trinajstić information content (AvgIpc) is 3.09. The maximum atomic E-state index is 11.9. The van der Waals surface area contributed by atoms with Crippen LogP contribution in [0.25, 0.3) is 10.9 Å². The third-order valence-corrected chi connectivity index (χ3v) is 5.05. The van der Waals surface area contributed by atoms with Gasteiger partial charge < -0.3 is 14.6 Å². The highest BCUT2D eigenvalue weighted by Gasteiger charge is 2.24. The quantitative estimate of drug-likeness (QED) is 0.426. The molecule has 4 rings (SSSR count). The number of benzene rings is 2. The van der Waals surface area contributed by atoms with Crippen LogP contribution in [0.15, 0.2) is 36.4 Å². The lowest BCUT2D eigenvalue weighted by molar-refractivity contribution is -0.384. The molecule has 0 fully saturated rings. The fourth-order valence-electron chi connectivity index (χ4n) is 3.67. The second kappa shape index (κ2) is 6.70. The molecule has 8 nitrogen and oxygen atoms in total. The zero-order chi connectivity index (χ0) is 19.8. The standard InChI is InChI=1S/C20H16N4O4/c1-28-20(25)12-2-4-17-15(9-12)16-11-23(7-6-18(16)22-17)19-5-3-14(24(26)27)8-13(19)10-21/h2-5,8-9,22H,6-7,11H2,1H3. The first kappa shape index (κ1) is 17.5. The van der Waals surface area contributed by atoms with Crippen molar-refractivity contribution in [3.63, 3.8) is 0 Å². The van der Waals surface area contributed by atoms with Crippen LogP contribution in [0, 0.1) is 21.4 Å². The Morgan fingerprint density at radius 1 is 1.32 bits per heavy atom. The number of hydrogen-bond donors (Lipinski definition) is 1. The number of esters is 1. The fraction of sp³-hybridized carbons (Fsp3) is 0.200. The van der Waals surface area contributed by atoms with E-state index in [-0.39, 0.29) is 11.3 Å². The maximum absolute atomic E-state index is 11.9. The molecule has 0 radical (unpaired) electrons. The second-order valence-corrected chi connectivity index (χ2v) is 6.58. The number of hydrogen-bond acceptors (Lipinski definition) is 6. The smallest absolute Gasteiger partial charge is 0.337 e. The van der Waals surface area contributed by atoms with Gasteiger partial charge in [-0.2, -0.15) is 5.26 Å². The zero-order valence-electron chi connectivity index (χ0n) is 15.1. The molecule has 0 saturated carbocycles. The van der Waals surface area contributed by atoms with E-state index in [0.717, 1.165) is 28.6 Å². The maximum Gasteiger partial charge on any atom is 0.337 e.